The highest BCUT2D eigenvalue weighted by Gasteiger charge is 2.03. The van der Waals surface area contributed by atoms with Crippen LogP contribution >= 0.6 is 0 Å². The van der Waals surface area contributed by atoms with Crippen molar-refractivity contribution in [2.24, 2.45) is 0 Å². The Bertz CT molecular complexity index is 603. The van der Waals surface area contributed by atoms with Gasteiger partial charge in [0, 0.05) is 18.8 Å². The van der Waals surface area contributed by atoms with E-state index in [9.17, 15) is 4.79 Å². The highest BCUT2D eigenvalue weighted by Crippen LogP contribution is 2.08. The van der Waals surface area contributed by atoms with Gasteiger partial charge in [-0.2, -0.15) is 5.10 Å². The molecule has 2 N–H and O–H groups in total. The van der Waals surface area contributed by atoms with Crippen LogP contribution in [0.25, 0.3) is 0 Å². The summed E-state index contributed by atoms with van der Waals surface area (Å²) < 4.78 is 1.86. The van der Waals surface area contributed by atoms with Crippen molar-refractivity contribution >= 4 is 11.7 Å². The highest BCUT2D eigenvalue weighted by molar-refractivity contribution is 5.89. The second-order valence-corrected chi connectivity index (χ2v) is 5.03. The second-order valence-electron chi connectivity index (χ2n) is 5.03. The van der Waals surface area contributed by atoms with Crippen LogP contribution in [0.1, 0.15) is 23.6 Å². The SMILES string of the molecule is Cc1ccc(NC(=O)NCCCn2nc(C)nc2C)cc1. The zero-order chi connectivity index (χ0) is 15.2. The van der Waals surface area contributed by atoms with Crippen molar-refractivity contribution in [3.63, 3.8) is 0 Å². The number of amides is 2. The number of benzene rings is 1. The van der Waals surface area contributed by atoms with Crippen molar-refractivity contribution in [2.75, 3.05) is 11.9 Å². The lowest BCUT2D eigenvalue weighted by atomic mass is 10.2. The van der Waals surface area contributed by atoms with Crippen LogP contribution in [0.2, 0.25) is 0 Å². The first-order chi connectivity index (χ1) is 10.0. The first-order valence-electron chi connectivity index (χ1n) is 7.04. The van der Waals surface area contributed by atoms with E-state index in [1.54, 1.807) is 0 Å². The molecule has 0 unspecified atom stereocenters. The van der Waals surface area contributed by atoms with Gasteiger partial charge >= 0.3 is 6.03 Å². The third kappa shape index (κ3) is 4.59. The zero-order valence-electron chi connectivity index (χ0n) is 12.7. The topological polar surface area (TPSA) is 71.8 Å². The van der Waals surface area contributed by atoms with E-state index in [1.807, 2.05) is 49.7 Å². The second kappa shape index (κ2) is 6.88. The Morgan fingerprint density at radius 3 is 2.52 bits per heavy atom. The molecule has 1 aromatic heterocycles. The minimum absolute atomic E-state index is 0.189. The number of aromatic nitrogens is 3. The Kier molecular flexibility index (Phi) is 4.92. The molecular formula is C15H21N5O. The third-order valence-corrected chi connectivity index (χ3v) is 3.10. The van der Waals surface area contributed by atoms with Crippen LogP contribution in [-0.2, 0) is 6.54 Å². The van der Waals surface area contributed by atoms with Crippen molar-refractivity contribution in [2.45, 2.75) is 33.7 Å². The fraction of sp³-hybridized carbons (Fsp3) is 0.400. The number of nitrogens with one attached hydrogen (secondary N) is 2. The van der Waals surface area contributed by atoms with E-state index in [0.29, 0.717) is 6.54 Å². The Balaban J connectivity index is 1.70. The molecule has 0 aliphatic carbocycles. The van der Waals surface area contributed by atoms with Crippen LogP contribution in [0.15, 0.2) is 24.3 Å². The molecule has 0 fully saturated rings. The Hall–Kier alpha value is -2.37. The average molecular weight is 287 g/mol. The minimum Gasteiger partial charge on any atom is -0.338 e. The van der Waals surface area contributed by atoms with Crippen LogP contribution in [0.4, 0.5) is 10.5 Å². The molecule has 0 radical (unpaired) electrons. The van der Waals surface area contributed by atoms with Crippen LogP contribution < -0.4 is 10.6 Å². The molecule has 0 aliphatic heterocycles. The van der Waals surface area contributed by atoms with Gasteiger partial charge in [-0.3, -0.25) is 4.68 Å². The number of hydrogen-bond acceptors (Lipinski definition) is 3. The first kappa shape index (κ1) is 15.0. The average Bonchev–Trinajstić information content (AvgIpc) is 2.76. The van der Waals surface area contributed by atoms with E-state index in [0.717, 1.165) is 30.3 Å². The number of carbonyl (C=O) groups is 1. The van der Waals surface area contributed by atoms with E-state index in [-0.39, 0.29) is 6.03 Å². The van der Waals surface area contributed by atoms with Crippen LogP contribution in [0, 0.1) is 20.8 Å². The van der Waals surface area contributed by atoms with Gasteiger partial charge in [0.15, 0.2) is 0 Å². The molecule has 0 atom stereocenters. The molecule has 1 heterocycles. The third-order valence-electron chi connectivity index (χ3n) is 3.10. The lowest BCUT2D eigenvalue weighted by Crippen LogP contribution is -2.30. The van der Waals surface area contributed by atoms with E-state index in [4.69, 9.17) is 0 Å². The lowest BCUT2D eigenvalue weighted by Gasteiger charge is -2.08. The van der Waals surface area contributed by atoms with Gasteiger partial charge in [0.2, 0.25) is 0 Å². The molecule has 112 valence electrons. The summed E-state index contributed by atoms with van der Waals surface area (Å²) in [5, 5.41) is 9.91. The molecule has 0 aliphatic rings. The highest BCUT2D eigenvalue weighted by atomic mass is 16.2. The number of anilines is 1. The zero-order valence-corrected chi connectivity index (χ0v) is 12.7. The maximum absolute atomic E-state index is 11.7. The molecule has 0 saturated carbocycles. The summed E-state index contributed by atoms with van der Waals surface area (Å²) in [4.78, 5) is 16.0. The van der Waals surface area contributed by atoms with Gasteiger partial charge in [0.1, 0.15) is 11.6 Å². The smallest absolute Gasteiger partial charge is 0.319 e. The predicted octanol–water partition coefficient (Wildman–Crippen LogP) is 2.42. The van der Waals surface area contributed by atoms with Crippen molar-refractivity contribution in [3.05, 3.63) is 41.5 Å². The van der Waals surface area contributed by atoms with Crippen LogP contribution in [0.3, 0.4) is 0 Å². The van der Waals surface area contributed by atoms with Crippen molar-refractivity contribution in [1.29, 1.82) is 0 Å². The monoisotopic (exact) mass is 287 g/mol. The lowest BCUT2D eigenvalue weighted by molar-refractivity contribution is 0.251. The number of aryl methyl sites for hydroxylation is 4. The van der Waals surface area contributed by atoms with Gasteiger partial charge in [0.05, 0.1) is 0 Å². The van der Waals surface area contributed by atoms with Gasteiger partial charge < -0.3 is 10.6 Å². The van der Waals surface area contributed by atoms with E-state index in [1.165, 1.54) is 5.56 Å². The van der Waals surface area contributed by atoms with E-state index < -0.39 is 0 Å². The molecule has 21 heavy (non-hydrogen) atoms. The van der Waals surface area contributed by atoms with Gasteiger partial charge in [-0.15, -0.1) is 0 Å². The van der Waals surface area contributed by atoms with Gasteiger partial charge in [-0.25, -0.2) is 9.78 Å². The summed E-state index contributed by atoms with van der Waals surface area (Å²) in [5.41, 5.74) is 1.96. The number of hydrogen-bond donors (Lipinski definition) is 2. The molecule has 1 aromatic carbocycles. The van der Waals surface area contributed by atoms with Crippen LogP contribution in [-0.4, -0.2) is 27.3 Å². The Morgan fingerprint density at radius 2 is 1.90 bits per heavy atom. The number of carbonyl (C=O) groups excluding carboxylic acids is 1. The Labute approximate surface area is 124 Å². The van der Waals surface area contributed by atoms with E-state index >= 15 is 0 Å². The summed E-state index contributed by atoms with van der Waals surface area (Å²) in [6.45, 7) is 7.15. The van der Waals surface area contributed by atoms with E-state index in [2.05, 4.69) is 20.7 Å². The Morgan fingerprint density at radius 1 is 1.19 bits per heavy atom. The van der Waals surface area contributed by atoms with Crippen molar-refractivity contribution in [1.82, 2.24) is 20.1 Å². The fourth-order valence-electron chi connectivity index (χ4n) is 2.02. The van der Waals surface area contributed by atoms with Crippen molar-refractivity contribution < 1.29 is 4.79 Å². The maximum atomic E-state index is 11.7. The predicted molar refractivity (Wildman–Crippen MR) is 82.3 cm³/mol. The number of rotatable bonds is 5. The number of nitrogens with zero attached hydrogens (tertiary/aromatic N) is 3. The molecule has 2 aromatic rings. The normalized spacial score (nSPS) is 10.4. The summed E-state index contributed by atoms with van der Waals surface area (Å²) in [6.07, 6.45) is 0.810. The largest absolute Gasteiger partial charge is 0.338 e. The molecule has 2 amide bonds. The standard InChI is InChI=1S/C15H21N5O/c1-11-5-7-14(8-6-11)18-15(21)16-9-4-10-20-13(3)17-12(2)19-20/h5-8H,4,9-10H2,1-3H3,(H2,16,18,21). The molecule has 6 heteroatoms. The first-order valence-corrected chi connectivity index (χ1v) is 7.04. The minimum atomic E-state index is -0.189. The molecule has 0 bridgehead atoms. The molecule has 0 saturated heterocycles. The molecule has 2 rings (SSSR count). The quantitative estimate of drug-likeness (QED) is 0.830. The van der Waals surface area contributed by atoms with Crippen LogP contribution in [0.5, 0.6) is 0 Å². The maximum Gasteiger partial charge on any atom is 0.319 e. The summed E-state index contributed by atoms with van der Waals surface area (Å²) in [7, 11) is 0. The van der Waals surface area contributed by atoms with Crippen molar-refractivity contribution in [3.8, 4) is 0 Å². The summed E-state index contributed by atoms with van der Waals surface area (Å²) >= 11 is 0. The summed E-state index contributed by atoms with van der Waals surface area (Å²) in [6, 6.07) is 7.51. The van der Waals surface area contributed by atoms with Gasteiger partial charge in [-0.1, -0.05) is 17.7 Å². The summed E-state index contributed by atoms with van der Waals surface area (Å²) in [5.74, 6) is 1.68. The number of urea groups is 1. The molecule has 6 nitrogen and oxygen atoms in total. The fourth-order valence-corrected chi connectivity index (χ4v) is 2.02. The molecular weight excluding hydrogens is 266 g/mol. The molecule has 0 spiro atoms. The van der Waals surface area contributed by atoms with Gasteiger partial charge in [0.25, 0.3) is 0 Å². The van der Waals surface area contributed by atoms with Gasteiger partial charge in [-0.05, 0) is 39.3 Å².